The topological polar surface area (TPSA) is 175 Å². The monoisotopic (exact) mass is 631 g/mol. The average molecular weight is 632 g/mol. The summed E-state index contributed by atoms with van der Waals surface area (Å²) < 4.78 is 20.5. The molecule has 3 N–H and O–H groups in total. The number of hydrogen-bond acceptors (Lipinski definition) is 10. The van der Waals surface area contributed by atoms with Gasteiger partial charge in [0.05, 0.1) is 12.2 Å². The Labute approximate surface area is 264 Å². The van der Waals surface area contributed by atoms with Crippen LogP contribution >= 0.6 is 0 Å². The van der Waals surface area contributed by atoms with Crippen LogP contribution in [0.2, 0.25) is 0 Å². The zero-order valence-electron chi connectivity index (χ0n) is 26.8. The Hall–Kier alpha value is -4.68. The van der Waals surface area contributed by atoms with Gasteiger partial charge in [0.25, 0.3) is 0 Å². The van der Waals surface area contributed by atoms with Crippen LogP contribution < -0.4 is 16.0 Å². The van der Waals surface area contributed by atoms with Gasteiger partial charge in [-0.25, -0.2) is 9.59 Å². The summed E-state index contributed by atoms with van der Waals surface area (Å²) in [5, 5.41) is 7.35. The second kappa shape index (κ2) is 18.9. The van der Waals surface area contributed by atoms with Crippen molar-refractivity contribution in [1.82, 2.24) is 16.0 Å². The Morgan fingerprint density at radius 2 is 1.51 bits per heavy atom. The van der Waals surface area contributed by atoms with Gasteiger partial charge in [-0.15, -0.1) is 0 Å². The molecule has 1 aromatic carbocycles. The van der Waals surface area contributed by atoms with E-state index in [2.05, 4.69) is 29.1 Å². The molecule has 0 unspecified atom stereocenters. The van der Waals surface area contributed by atoms with E-state index in [4.69, 9.17) is 18.9 Å². The van der Waals surface area contributed by atoms with Crippen molar-refractivity contribution in [3.8, 4) is 0 Å². The summed E-state index contributed by atoms with van der Waals surface area (Å²) >= 11 is 0. The molecular formula is C32H45N3O10. The maximum Gasteiger partial charge on any atom is 0.408 e. The van der Waals surface area contributed by atoms with Crippen LogP contribution in [0.1, 0.15) is 66.4 Å². The lowest BCUT2D eigenvalue weighted by molar-refractivity contribution is -0.155. The molecule has 0 spiro atoms. The van der Waals surface area contributed by atoms with E-state index in [0.717, 1.165) is 0 Å². The predicted molar refractivity (Wildman–Crippen MR) is 164 cm³/mol. The Morgan fingerprint density at radius 3 is 2.07 bits per heavy atom. The third-order valence-corrected chi connectivity index (χ3v) is 5.73. The quantitative estimate of drug-likeness (QED) is 0.100. The van der Waals surface area contributed by atoms with Crippen molar-refractivity contribution in [3.05, 3.63) is 60.9 Å². The fourth-order valence-electron chi connectivity index (χ4n) is 3.70. The smallest absolute Gasteiger partial charge is 0.408 e. The van der Waals surface area contributed by atoms with E-state index in [0.29, 0.717) is 5.56 Å². The summed E-state index contributed by atoms with van der Waals surface area (Å²) in [6.07, 6.45) is -0.792. The molecule has 1 aromatic rings. The maximum absolute atomic E-state index is 13.4. The SMILES string of the molecule is C=CCOC(=O)[C@@H](NC(=O)[C@H](CCC(=O)OC(C)(C)C)NC(=O)[C@H](CC(=O)OC(=C)C)NC(=O)OCc1ccccc1)C(C)C. The predicted octanol–water partition coefficient (Wildman–Crippen LogP) is 3.23. The van der Waals surface area contributed by atoms with E-state index in [-0.39, 0.29) is 31.8 Å². The van der Waals surface area contributed by atoms with Crippen LogP contribution in [0.4, 0.5) is 4.79 Å². The first kappa shape index (κ1) is 38.3. The number of carbonyl (C=O) groups excluding carboxylic acids is 6. The zero-order chi connectivity index (χ0) is 34.2. The second-order valence-corrected chi connectivity index (χ2v) is 11.5. The van der Waals surface area contributed by atoms with Crippen molar-refractivity contribution in [2.75, 3.05) is 6.61 Å². The number of carbonyl (C=O) groups is 6. The first-order chi connectivity index (χ1) is 21.0. The molecule has 45 heavy (non-hydrogen) atoms. The van der Waals surface area contributed by atoms with Crippen LogP contribution in [0, 0.1) is 5.92 Å². The molecule has 0 aliphatic carbocycles. The molecule has 0 bridgehead atoms. The Bertz CT molecular complexity index is 1210. The summed E-state index contributed by atoms with van der Waals surface area (Å²) in [6.45, 7) is 16.6. The van der Waals surface area contributed by atoms with Crippen molar-refractivity contribution in [1.29, 1.82) is 0 Å². The Balaban J connectivity index is 3.21. The van der Waals surface area contributed by atoms with Gasteiger partial charge >= 0.3 is 24.0 Å². The van der Waals surface area contributed by atoms with E-state index in [1.54, 1.807) is 65.0 Å². The molecule has 3 amide bonds. The number of amides is 3. The zero-order valence-corrected chi connectivity index (χ0v) is 26.8. The third-order valence-electron chi connectivity index (χ3n) is 5.73. The molecule has 0 radical (unpaired) electrons. The Morgan fingerprint density at radius 1 is 0.889 bits per heavy atom. The normalized spacial score (nSPS) is 12.9. The van der Waals surface area contributed by atoms with Crippen LogP contribution in [-0.2, 0) is 49.5 Å². The molecule has 0 saturated heterocycles. The van der Waals surface area contributed by atoms with Gasteiger partial charge in [0, 0.05) is 6.42 Å². The number of rotatable bonds is 17. The number of hydrogen-bond donors (Lipinski definition) is 3. The molecule has 13 heteroatoms. The fourth-order valence-corrected chi connectivity index (χ4v) is 3.70. The Kier molecular flexibility index (Phi) is 16.1. The number of alkyl carbamates (subject to hydrolysis) is 1. The number of benzene rings is 1. The molecule has 1 rings (SSSR count). The van der Waals surface area contributed by atoms with E-state index >= 15 is 0 Å². The molecule has 0 heterocycles. The third kappa shape index (κ3) is 16.1. The molecule has 13 nitrogen and oxygen atoms in total. The van der Waals surface area contributed by atoms with Crippen molar-refractivity contribution in [2.24, 2.45) is 5.92 Å². The van der Waals surface area contributed by atoms with Gasteiger partial charge in [-0.3, -0.25) is 19.2 Å². The van der Waals surface area contributed by atoms with E-state index in [9.17, 15) is 28.8 Å². The van der Waals surface area contributed by atoms with Crippen molar-refractivity contribution in [2.45, 2.75) is 91.1 Å². The molecule has 0 aliphatic rings. The van der Waals surface area contributed by atoms with Gasteiger partial charge in [0.1, 0.15) is 36.9 Å². The fraction of sp³-hybridized carbons (Fsp3) is 0.500. The number of esters is 3. The number of allylic oxidation sites excluding steroid dienone is 1. The minimum absolute atomic E-state index is 0.0588. The molecule has 0 aliphatic heterocycles. The molecule has 0 saturated carbocycles. The maximum atomic E-state index is 13.4. The van der Waals surface area contributed by atoms with E-state index in [1.807, 2.05) is 0 Å². The van der Waals surface area contributed by atoms with Gasteiger partial charge in [-0.2, -0.15) is 0 Å². The highest BCUT2D eigenvalue weighted by Crippen LogP contribution is 2.12. The van der Waals surface area contributed by atoms with Crippen molar-refractivity contribution in [3.63, 3.8) is 0 Å². The highest BCUT2D eigenvalue weighted by atomic mass is 16.6. The number of ether oxygens (including phenoxy) is 4. The van der Waals surface area contributed by atoms with Crippen LogP contribution in [0.15, 0.2) is 55.3 Å². The summed E-state index contributed by atoms with van der Waals surface area (Å²) in [7, 11) is 0. The van der Waals surface area contributed by atoms with Gasteiger partial charge in [0.2, 0.25) is 11.8 Å². The molecule has 0 fully saturated rings. The van der Waals surface area contributed by atoms with E-state index < -0.39 is 71.9 Å². The lowest BCUT2D eigenvalue weighted by Gasteiger charge is -2.26. The van der Waals surface area contributed by atoms with Gasteiger partial charge in [-0.05, 0) is 45.6 Å². The molecule has 0 aromatic heterocycles. The van der Waals surface area contributed by atoms with Crippen LogP contribution in [0.3, 0.4) is 0 Å². The van der Waals surface area contributed by atoms with Crippen LogP contribution in [-0.4, -0.2) is 66.1 Å². The molecule has 248 valence electrons. The minimum atomic E-state index is -1.55. The first-order valence-corrected chi connectivity index (χ1v) is 14.5. The highest BCUT2D eigenvalue weighted by molar-refractivity contribution is 5.95. The van der Waals surface area contributed by atoms with Crippen LogP contribution in [0.5, 0.6) is 0 Å². The molecule has 3 atom stereocenters. The summed E-state index contributed by atoms with van der Waals surface area (Å²) in [5.74, 6) is -4.35. The largest absolute Gasteiger partial charge is 0.460 e. The van der Waals surface area contributed by atoms with E-state index in [1.165, 1.54) is 13.0 Å². The summed E-state index contributed by atoms with van der Waals surface area (Å²) in [6, 6.07) is 4.74. The van der Waals surface area contributed by atoms with Gasteiger partial charge in [0.15, 0.2) is 0 Å². The lowest BCUT2D eigenvalue weighted by atomic mass is 10.0. The van der Waals surface area contributed by atoms with Gasteiger partial charge < -0.3 is 34.9 Å². The summed E-state index contributed by atoms with van der Waals surface area (Å²) in [4.78, 5) is 76.9. The average Bonchev–Trinajstić information content (AvgIpc) is 2.94. The lowest BCUT2D eigenvalue weighted by Crippen LogP contribution is -2.57. The number of nitrogens with one attached hydrogen (secondary N) is 3. The van der Waals surface area contributed by atoms with Crippen LogP contribution in [0.25, 0.3) is 0 Å². The van der Waals surface area contributed by atoms with Crippen molar-refractivity contribution < 1.29 is 47.7 Å². The standard InChI is InChI=1S/C32H45N3O10/c1-9-17-42-30(40)27(20(2)3)35-28(38)23(15-16-25(36)45-32(6,7)8)33-29(39)24(18-26(37)44-21(4)5)34-31(41)43-19-22-13-11-10-12-14-22/h9-14,20,23-24,27H,1,4,15-19H2,2-3,5-8H3,(H,33,39)(H,34,41)(H,35,38)/t23-,24-,27-/m0/s1. The van der Waals surface area contributed by atoms with Crippen molar-refractivity contribution >= 4 is 35.8 Å². The van der Waals surface area contributed by atoms with Gasteiger partial charge in [-0.1, -0.05) is 63.4 Å². The molecular weight excluding hydrogens is 586 g/mol. The second-order valence-electron chi connectivity index (χ2n) is 11.5. The first-order valence-electron chi connectivity index (χ1n) is 14.5. The summed E-state index contributed by atoms with van der Waals surface area (Å²) in [5.41, 5.74) is -0.116. The highest BCUT2D eigenvalue weighted by Gasteiger charge is 2.33. The minimum Gasteiger partial charge on any atom is -0.460 e.